The van der Waals surface area contributed by atoms with Crippen LogP contribution in [0.1, 0.15) is 25.0 Å². The first kappa shape index (κ1) is 14.8. The van der Waals surface area contributed by atoms with Gasteiger partial charge in [0.2, 0.25) is 0 Å². The first-order chi connectivity index (χ1) is 9.65. The molecule has 4 heteroatoms. The molecule has 1 saturated heterocycles. The second-order valence-corrected chi connectivity index (χ2v) is 5.55. The molecule has 108 valence electrons. The highest BCUT2D eigenvalue weighted by Crippen LogP contribution is 2.25. The van der Waals surface area contributed by atoms with E-state index in [2.05, 4.69) is 54.2 Å². The highest BCUT2D eigenvalue weighted by atomic mass is 15.3. The molecule has 0 saturated carbocycles. The minimum absolute atomic E-state index is 0.445. The Kier molecular flexibility index (Phi) is 4.99. The average Bonchev–Trinajstić information content (AvgIpc) is 2.45. The van der Waals surface area contributed by atoms with Crippen LogP contribution in [0.5, 0.6) is 0 Å². The number of piperazine rings is 1. The fourth-order valence-corrected chi connectivity index (χ4v) is 2.80. The molecule has 1 aliphatic heterocycles. The van der Waals surface area contributed by atoms with E-state index in [1.54, 1.807) is 0 Å². The van der Waals surface area contributed by atoms with Gasteiger partial charge in [-0.3, -0.25) is 0 Å². The summed E-state index contributed by atoms with van der Waals surface area (Å²) in [7, 11) is 2.15. The fourth-order valence-electron chi connectivity index (χ4n) is 2.80. The maximum absolute atomic E-state index is 9.43. The Morgan fingerprint density at radius 2 is 2.20 bits per heavy atom. The quantitative estimate of drug-likeness (QED) is 0.907. The molecule has 1 unspecified atom stereocenters. The van der Waals surface area contributed by atoms with Crippen LogP contribution < -0.4 is 10.2 Å². The molecule has 1 fully saturated rings. The van der Waals surface area contributed by atoms with E-state index in [0.717, 1.165) is 44.0 Å². The van der Waals surface area contributed by atoms with E-state index in [-0.39, 0.29) is 0 Å². The number of nitrogens with zero attached hydrogens (tertiary/aromatic N) is 3. The summed E-state index contributed by atoms with van der Waals surface area (Å²) >= 11 is 0. The fraction of sp³-hybridized carbons (Fsp3) is 0.562. The van der Waals surface area contributed by atoms with Gasteiger partial charge in [0.15, 0.2) is 0 Å². The summed E-state index contributed by atoms with van der Waals surface area (Å²) in [4.78, 5) is 4.70. The predicted octanol–water partition coefficient (Wildman–Crippen LogP) is 1.81. The van der Waals surface area contributed by atoms with Crippen LogP contribution in [0, 0.1) is 11.3 Å². The van der Waals surface area contributed by atoms with Gasteiger partial charge >= 0.3 is 0 Å². The summed E-state index contributed by atoms with van der Waals surface area (Å²) in [6.45, 7) is 9.16. The molecule has 1 aromatic rings. The minimum Gasteiger partial charge on any atom is -0.365 e. The Labute approximate surface area is 122 Å². The molecular formula is C16H24N4. The molecule has 4 nitrogen and oxygen atoms in total. The van der Waals surface area contributed by atoms with Crippen molar-refractivity contribution in [1.82, 2.24) is 10.2 Å². The van der Waals surface area contributed by atoms with Crippen molar-refractivity contribution < 1.29 is 0 Å². The standard InChI is InChI=1S/C16H24N4/c1-4-18-11-14-5-6-16(15(9-14)10-17)20-8-7-19(3)12-13(20)2/h5-6,9,13,18H,4,7-8,11-12H2,1-3H3. The summed E-state index contributed by atoms with van der Waals surface area (Å²) in [6, 6.07) is 9.05. The van der Waals surface area contributed by atoms with Crippen molar-refractivity contribution in [3.63, 3.8) is 0 Å². The molecule has 1 atom stereocenters. The van der Waals surface area contributed by atoms with Crippen molar-refractivity contribution in [1.29, 1.82) is 5.26 Å². The summed E-state index contributed by atoms with van der Waals surface area (Å²) in [5, 5.41) is 12.7. The summed E-state index contributed by atoms with van der Waals surface area (Å²) < 4.78 is 0. The van der Waals surface area contributed by atoms with Crippen LogP contribution in [0.25, 0.3) is 0 Å². The minimum atomic E-state index is 0.445. The molecule has 0 radical (unpaired) electrons. The van der Waals surface area contributed by atoms with Gasteiger partial charge in [-0.1, -0.05) is 13.0 Å². The van der Waals surface area contributed by atoms with Gasteiger partial charge in [-0.2, -0.15) is 5.26 Å². The van der Waals surface area contributed by atoms with E-state index in [1.165, 1.54) is 5.56 Å². The third-order valence-electron chi connectivity index (χ3n) is 3.90. The number of benzene rings is 1. The maximum Gasteiger partial charge on any atom is 0.101 e. The topological polar surface area (TPSA) is 42.3 Å². The van der Waals surface area contributed by atoms with E-state index in [9.17, 15) is 5.26 Å². The van der Waals surface area contributed by atoms with Gasteiger partial charge in [-0.15, -0.1) is 0 Å². The molecular weight excluding hydrogens is 248 g/mol. The molecule has 1 heterocycles. The van der Waals surface area contributed by atoms with Crippen molar-refractivity contribution >= 4 is 5.69 Å². The average molecular weight is 272 g/mol. The lowest BCUT2D eigenvalue weighted by Gasteiger charge is -2.40. The van der Waals surface area contributed by atoms with Gasteiger partial charge in [-0.05, 0) is 38.2 Å². The number of anilines is 1. The second-order valence-electron chi connectivity index (χ2n) is 5.55. The molecule has 1 aromatic carbocycles. The molecule has 1 N–H and O–H groups in total. The molecule has 0 aliphatic carbocycles. The van der Waals surface area contributed by atoms with Crippen LogP contribution >= 0.6 is 0 Å². The Bertz CT molecular complexity index is 492. The Hall–Kier alpha value is -1.57. The van der Waals surface area contributed by atoms with Gasteiger partial charge in [0, 0.05) is 32.2 Å². The smallest absolute Gasteiger partial charge is 0.101 e. The van der Waals surface area contributed by atoms with Crippen molar-refractivity contribution in [2.24, 2.45) is 0 Å². The van der Waals surface area contributed by atoms with Gasteiger partial charge in [0.1, 0.15) is 6.07 Å². The highest BCUT2D eigenvalue weighted by Gasteiger charge is 2.23. The number of likely N-dealkylation sites (N-methyl/N-ethyl adjacent to an activating group) is 1. The molecule has 2 rings (SSSR count). The second kappa shape index (κ2) is 6.74. The van der Waals surface area contributed by atoms with Crippen molar-refractivity contribution in [3.8, 4) is 6.07 Å². The summed E-state index contributed by atoms with van der Waals surface area (Å²) in [6.07, 6.45) is 0. The van der Waals surface area contributed by atoms with Crippen LogP contribution in [0.4, 0.5) is 5.69 Å². The molecule has 0 spiro atoms. The lowest BCUT2D eigenvalue weighted by Crippen LogP contribution is -2.50. The molecule has 0 aromatic heterocycles. The van der Waals surface area contributed by atoms with Gasteiger partial charge in [0.25, 0.3) is 0 Å². The van der Waals surface area contributed by atoms with Crippen LogP contribution in [0.2, 0.25) is 0 Å². The zero-order valence-electron chi connectivity index (χ0n) is 12.7. The van der Waals surface area contributed by atoms with Crippen LogP contribution in [0.3, 0.4) is 0 Å². The SMILES string of the molecule is CCNCc1ccc(N2CCN(C)CC2C)c(C#N)c1. The van der Waals surface area contributed by atoms with Gasteiger partial charge in [0.05, 0.1) is 11.3 Å². The van der Waals surface area contributed by atoms with Crippen LogP contribution in [0.15, 0.2) is 18.2 Å². The third kappa shape index (κ3) is 3.30. The molecule has 20 heavy (non-hydrogen) atoms. The zero-order valence-corrected chi connectivity index (χ0v) is 12.7. The zero-order chi connectivity index (χ0) is 14.5. The highest BCUT2D eigenvalue weighted by molar-refractivity contribution is 5.61. The number of nitriles is 1. The van der Waals surface area contributed by atoms with Gasteiger partial charge in [-0.25, -0.2) is 0 Å². The lowest BCUT2D eigenvalue weighted by atomic mass is 10.1. The van der Waals surface area contributed by atoms with E-state index in [1.807, 2.05) is 6.07 Å². The molecule has 0 amide bonds. The Balaban J connectivity index is 2.21. The normalized spacial score (nSPS) is 19.9. The Morgan fingerprint density at radius 1 is 1.40 bits per heavy atom. The van der Waals surface area contributed by atoms with Crippen LogP contribution in [-0.2, 0) is 6.54 Å². The summed E-state index contributed by atoms with van der Waals surface area (Å²) in [5.74, 6) is 0. The molecule has 0 bridgehead atoms. The largest absolute Gasteiger partial charge is 0.365 e. The maximum atomic E-state index is 9.43. The number of rotatable bonds is 4. The lowest BCUT2D eigenvalue weighted by molar-refractivity contribution is 0.275. The van der Waals surface area contributed by atoms with E-state index < -0.39 is 0 Å². The van der Waals surface area contributed by atoms with Crippen molar-refractivity contribution in [2.75, 3.05) is 38.1 Å². The van der Waals surface area contributed by atoms with E-state index in [0.29, 0.717) is 6.04 Å². The van der Waals surface area contributed by atoms with Gasteiger partial charge < -0.3 is 15.1 Å². The predicted molar refractivity (Wildman–Crippen MR) is 82.8 cm³/mol. The Morgan fingerprint density at radius 3 is 2.85 bits per heavy atom. The number of hydrogen-bond acceptors (Lipinski definition) is 4. The van der Waals surface area contributed by atoms with Crippen molar-refractivity contribution in [2.45, 2.75) is 26.4 Å². The first-order valence-corrected chi connectivity index (χ1v) is 7.34. The number of nitrogens with one attached hydrogen (secondary N) is 1. The van der Waals surface area contributed by atoms with Crippen LogP contribution in [-0.4, -0.2) is 44.2 Å². The van der Waals surface area contributed by atoms with E-state index >= 15 is 0 Å². The summed E-state index contributed by atoms with van der Waals surface area (Å²) in [5.41, 5.74) is 3.04. The third-order valence-corrected chi connectivity index (χ3v) is 3.90. The monoisotopic (exact) mass is 272 g/mol. The number of hydrogen-bond donors (Lipinski definition) is 1. The van der Waals surface area contributed by atoms with Crippen molar-refractivity contribution in [3.05, 3.63) is 29.3 Å². The molecule has 1 aliphatic rings. The van der Waals surface area contributed by atoms with E-state index in [4.69, 9.17) is 0 Å². The first-order valence-electron chi connectivity index (χ1n) is 7.34.